The summed E-state index contributed by atoms with van der Waals surface area (Å²) in [5.74, 6) is -0.0299. The Labute approximate surface area is 144 Å². The number of methoxy groups -OCH3 is 1. The third kappa shape index (κ3) is 4.81. The minimum absolute atomic E-state index is 0.0180. The Morgan fingerprint density at radius 3 is 2.75 bits per heavy atom. The molecule has 5 heteroatoms. The van der Waals surface area contributed by atoms with Gasteiger partial charge in [-0.15, -0.1) is 0 Å². The van der Waals surface area contributed by atoms with Crippen LogP contribution in [0.25, 0.3) is 0 Å². The van der Waals surface area contributed by atoms with Crippen molar-refractivity contribution < 1.29 is 14.3 Å². The van der Waals surface area contributed by atoms with Crippen LogP contribution in [0.15, 0.2) is 24.3 Å². The molecule has 0 saturated heterocycles. The molecule has 0 aromatic heterocycles. The third-order valence-electron chi connectivity index (χ3n) is 4.56. The summed E-state index contributed by atoms with van der Waals surface area (Å²) in [7, 11) is 1.46. The van der Waals surface area contributed by atoms with Crippen molar-refractivity contribution in [3.8, 4) is 0 Å². The first kappa shape index (κ1) is 18.5. The minimum Gasteiger partial charge on any atom is -0.375 e. The highest BCUT2D eigenvalue weighted by atomic mass is 16.5. The number of amides is 2. The van der Waals surface area contributed by atoms with Crippen LogP contribution in [0.4, 0.5) is 0 Å². The molecule has 0 heterocycles. The molecule has 2 amide bonds. The molecule has 2 N–H and O–H groups in total. The molecular weight excluding hydrogens is 304 g/mol. The van der Waals surface area contributed by atoms with Gasteiger partial charge in [-0.3, -0.25) is 9.59 Å². The number of rotatable bonds is 7. The van der Waals surface area contributed by atoms with Crippen LogP contribution in [0, 0.1) is 5.92 Å². The highest BCUT2D eigenvalue weighted by molar-refractivity contribution is 5.88. The van der Waals surface area contributed by atoms with Crippen LogP contribution in [0.1, 0.15) is 43.7 Å². The number of benzene rings is 1. The smallest absolute Gasteiger partial charge is 0.246 e. The summed E-state index contributed by atoms with van der Waals surface area (Å²) in [6, 6.07) is 7.92. The molecule has 24 heavy (non-hydrogen) atoms. The van der Waals surface area contributed by atoms with Crippen molar-refractivity contribution in [3.05, 3.63) is 35.4 Å². The van der Waals surface area contributed by atoms with Gasteiger partial charge < -0.3 is 15.4 Å². The lowest BCUT2D eigenvalue weighted by Crippen LogP contribution is -2.51. The molecular formula is C19H28N2O3. The summed E-state index contributed by atoms with van der Waals surface area (Å²) in [4.78, 5) is 24.2. The Morgan fingerprint density at radius 1 is 1.29 bits per heavy atom. The van der Waals surface area contributed by atoms with Crippen molar-refractivity contribution >= 4 is 11.8 Å². The monoisotopic (exact) mass is 332 g/mol. The second-order valence-electron chi connectivity index (χ2n) is 6.76. The molecule has 1 aliphatic carbocycles. The van der Waals surface area contributed by atoms with Crippen molar-refractivity contribution in [1.29, 1.82) is 0 Å². The maximum absolute atomic E-state index is 12.5. The zero-order valence-corrected chi connectivity index (χ0v) is 14.8. The summed E-state index contributed by atoms with van der Waals surface area (Å²) in [5.41, 5.74) is 2.73. The first-order valence-corrected chi connectivity index (χ1v) is 8.66. The SMILES string of the molecule is COCC(=O)N[C@H](C(=O)NC[C@H]1CCCc2ccccc21)C(C)C. The number of ether oxygens (including phenoxy) is 1. The lowest BCUT2D eigenvalue weighted by molar-refractivity contribution is -0.132. The second-order valence-corrected chi connectivity index (χ2v) is 6.76. The molecule has 0 aliphatic heterocycles. The standard InChI is InChI=1S/C19H28N2O3/c1-13(2)18(21-17(22)12-24-3)19(23)20-11-15-9-6-8-14-7-4-5-10-16(14)15/h4-5,7,10,13,15,18H,6,8-9,11-12H2,1-3H3,(H,20,23)(H,21,22)/t15-,18+/m1/s1. The topological polar surface area (TPSA) is 67.4 Å². The maximum atomic E-state index is 12.5. The quantitative estimate of drug-likeness (QED) is 0.803. The van der Waals surface area contributed by atoms with Gasteiger partial charge in [0.25, 0.3) is 0 Å². The van der Waals surface area contributed by atoms with E-state index < -0.39 is 6.04 Å². The van der Waals surface area contributed by atoms with E-state index >= 15 is 0 Å². The van der Waals surface area contributed by atoms with Gasteiger partial charge >= 0.3 is 0 Å². The van der Waals surface area contributed by atoms with Crippen LogP contribution in [0.5, 0.6) is 0 Å². The summed E-state index contributed by atoms with van der Waals surface area (Å²) in [6.07, 6.45) is 3.34. The van der Waals surface area contributed by atoms with Crippen LogP contribution in [-0.2, 0) is 20.7 Å². The molecule has 132 valence electrons. The molecule has 1 aliphatic rings. The Hall–Kier alpha value is -1.88. The number of hydrogen-bond acceptors (Lipinski definition) is 3. The van der Waals surface area contributed by atoms with Gasteiger partial charge in [0.05, 0.1) is 0 Å². The Balaban J connectivity index is 1.95. The lowest BCUT2D eigenvalue weighted by Gasteiger charge is -2.27. The molecule has 2 rings (SSSR count). The van der Waals surface area contributed by atoms with Crippen molar-refractivity contribution in [1.82, 2.24) is 10.6 Å². The fourth-order valence-corrected chi connectivity index (χ4v) is 3.28. The van der Waals surface area contributed by atoms with Gasteiger partial charge in [0, 0.05) is 19.6 Å². The van der Waals surface area contributed by atoms with Gasteiger partial charge in [-0.1, -0.05) is 38.1 Å². The van der Waals surface area contributed by atoms with E-state index in [9.17, 15) is 9.59 Å². The van der Waals surface area contributed by atoms with Crippen LogP contribution < -0.4 is 10.6 Å². The minimum atomic E-state index is -0.536. The fraction of sp³-hybridized carbons (Fsp3) is 0.579. The highest BCUT2D eigenvalue weighted by Gasteiger charge is 2.26. The van der Waals surface area contributed by atoms with E-state index in [1.807, 2.05) is 13.8 Å². The predicted octanol–water partition coefficient (Wildman–Crippen LogP) is 2.01. The van der Waals surface area contributed by atoms with Crippen molar-refractivity contribution in [3.63, 3.8) is 0 Å². The van der Waals surface area contributed by atoms with E-state index in [2.05, 4.69) is 34.9 Å². The largest absolute Gasteiger partial charge is 0.375 e. The van der Waals surface area contributed by atoms with Crippen molar-refractivity contribution in [2.75, 3.05) is 20.3 Å². The maximum Gasteiger partial charge on any atom is 0.246 e. The van der Waals surface area contributed by atoms with E-state index in [-0.39, 0.29) is 24.3 Å². The van der Waals surface area contributed by atoms with Gasteiger partial charge in [-0.25, -0.2) is 0 Å². The molecule has 0 bridgehead atoms. The van der Waals surface area contributed by atoms with E-state index in [0.717, 1.165) is 19.3 Å². The number of fused-ring (bicyclic) bond motifs is 1. The first-order chi connectivity index (χ1) is 11.5. The number of hydrogen-bond donors (Lipinski definition) is 2. The van der Waals surface area contributed by atoms with Gasteiger partial charge in [0.2, 0.25) is 11.8 Å². The summed E-state index contributed by atoms with van der Waals surface area (Å²) in [6.45, 7) is 4.42. The Kier molecular flexibility index (Phi) is 6.79. The molecule has 2 atom stereocenters. The first-order valence-electron chi connectivity index (χ1n) is 8.66. The average molecular weight is 332 g/mol. The number of nitrogens with one attached hydrogen (secondary N) is 2. The van der Waals surface area contributed by atoms with Gasteiger partial charge in [-0.05, 0) is 36.3 Å². The van der Waals surface area contributed by atoms with Gasteiger partial charge in [0.15, 0.2) is 0 Å². The number of carbonyl (C=O) groups is 2. The normalized spacial score (nSPS) is 17.9. The number of aryl methyl sites for hydroxylation is 1. The highest BCUT2D eigenvalue weighted by Crippen LogP contribution is 2.30. The molecule has 1 aromatic carbocycles. The zero-order chi connectivity index (χ0) is 17.5. The van der Waals surface area contributed by atoms with Gasteiger partial charge in [0.1, 0.15) is 12.6 Å². The van der Waals surface area contributed by atoms with Crippen LogP contribution >= 0.6 is 0 Å². The lowest BCUT2D eigenvalue weighted by atomic mass is 9.83. The van der Waals surface area contributed by atoms with E-state index in [4.69, 9.17) is 4.74 Å². The molecule has 5 nitrogen and oxygen atoms in total. The number of carbonyl (C=O) groups excluding carboxylic acids is 2. The summed E-state index contributed by atoms with van der Waals surface area (Å²) in [5, 5.41) is 5.78. The molecule has 1 aromatic rings. The molecule has 0 saturated carbocycles. The zero-order valence-electron chi connectivity index (χ0n) is 14.8. The van der Waals surface area contributed by atoms with Crippen LogP contribution in [0.2, 0.25) is 0 Å². The molecule has 0 radical (unpaired) electrons. The third-order valence-corrected chi connectivity index (χ3v) is 4.56. The Morgan fingerprint density at radius 2 is 2.04 bits per heavy atom. The van der Waals surface area contributed by atoms with Gasteiger partial charge in [-0.2, -0.15) is 0 Å². The average Bonchev–Trinajstić information content (AvgIpc) is 2.57. The van der Waals surface area contributed by atoms with Crippen LogP contribution in [-0.4, -0.2) is 38.1 Å². The molecule has 0 unspecified atom stereocenters. The Bertz CT molecular complexity index is 571. The summed E-state index contributed by atoms with van der Waals surface area (Å²) >= 11 is 0. The van der Waals surface area contributed by atoms with Crippen molar-refractivity contribution in [2.24, 2.45) is 5.92 Å². The van der Waals surface area contributed by atoms with E-state index in [0.29, 0.717) is 12.5 Å². The van der Waals surface area contributed by atoms with E-state index in [1.165, 1.54) is 18.2 Å². The fourth-order valence-electron chi connectivity index (χ4n) is 3.28. The summed E-state index contributed by atoms with van der Waals surface area (Å²) < 4.78 is 4.81. The second kappa shape index (κ2) is 8.83. The molecule has 0 fully saturated rings. The molecule has 0 spiro atoms. The van der Waals surface area contributed by atoms with E-state index in [1.54, 1.807) is 0 Å². The van der Waals surface area contributed by atoms with Crippen LogP contribution in [0.3, 0.4) is 0 Å². The predicted molar refractivity (Wildman–Crippen MR) is 93.8 cm³/mol. The van der Waals surface area contributed by atoms with Crippen molar-refractivity contribution in [2.45, 2.75) is 45.1 Å².